The van der Waals surface area contributed by atoms with E-state index < -0.39 is 0 Å². The van der Waals surface area contributed by atoms with Gasteiger partial charge in [0, 0.05) is 19.8 Å². The number of amides is 1. The molecule has 0 saturated carbocycles. The van der Waals surface area contributed by atoms with E-state index in [1.165, 1.54) is 0 Å². The van der Waals surface area contributed by atoms with Crippen molar-refractivity contribution in [1.82, 2.24) is 10.3 Å². The van der Waals surface area contributed by atoms with Gasteiger partial charge in [0.1, 0.15) is 11.5 Å². The van der Waals surface area contributed by atoms with Crippen LogP contribution in [0.2, 0.25) is 0 Å². The Hall–Kier alpha value is -1.66. The van der Waals surface area contributed by atoms with Gasteiger partial charge in [0.05, 0.1) is 0 Å². The second-order valence-corrected chi connectivity index (χ2v) is 5.16. The Balaban J connectivity index is 1.93. The average molecular weight is 264 g/mol. The van der Waals surface area contributed by atoms with Crippen molar-refractivity contribution >= 4 is 11.7 Å². The molecule has 4 N–H and O–H groups in total. The second kappa shape index (κ2) is 5.99. The molecule has 1 saturated heterocycles. The molecule has 19 heavy (non-hydrogen) atoms. The van der Waals surface area contributed by atoms with E-state index in [0.29, 0.717) is 18.1 Å². The molecule has 0 atom stereocenters. The van der Waals surface area contributed by atoms with Crippen LogP contribution in [0, 0.1) is 5.41 Å². The highest BCUT2D eigenvalue weighted by Crippen LogP contribution is 2.28. The molecule has 0 aromatic carbocycles. The third-order valence-electron chi connectivity index (χ3n) is 3.51. The monoisotopic (exact) mass is 264 g/mol. The molecule has 6 heteroatoms. The number of anilines is 1. The zero-order valence-corrected chi connectivity index (χ0v) is 11.1. The fourth-order valence-electron chi connectivity index (χ4n) is 2.07. The third-order valence-corrected chi connectivity index (χ3v) is 3.51. The molecule has 1 amide bonds. The Morgan fingerprint density at radius 2 is 2.21 bits per heavy atom. The van der Waals surface area contributed by atoms with Gasteiger partial charge < -0.3 is 15.5 Å². The molecule has 0 aliphatic carbocycles. The predicted octanol–water partition coefficient (Wildman–Crippen LogP) is 0.914. The summed E-state index contributed by atoms with van der Waals surface area (Å²) in [7, 11) is 0. The molecular formula is C13H20N4O2. The van der Waals surface area contributed by atoms with Crippen molar-refractivity contribution in [1.29, 1.82) is 0 Å². The van der Waals surface area contributed by atoms with E-state index in [-0.39, 0.29) is 11.3 Å². The first kappa shape index (κ1) is 13.8. The largest absolute Gasteiger partial charge is 0.381 e. The highest BCUT2D eigenvalue weighted by molar-refractivity contribution is 5.92. The minimum atomic E-state index is -0.176. The number of carbonyl (C=O) groups is 1. The Morgan fingerprint density at radius 1 is 1.47 bits per heavy atom. The Morgan fingerprint density at radius 3 is 2.89 bits per heavy atom. The quantitative estimate of drug-likeness (QED) is 0.555. The van der Waals surface area contributed by atoms with E-state index in [2.05, 4.69) is 22.7 Å². The molecular weight excluding hydrogens is 244 g/mol. The van der Waals surface area contributed by atoms with Crippen molar-refractivity contribution in [2.75, 3.05) is 25.2 Å². The SMILES string of the molecule is CC1(CNC(=O)c2cccc(NN)n2)CCOCC1. The van der Waals surface area contributed by atoms with E-state index in [0.717, 1.165) is 26.1 Å². The molecule has 2 heterocycles. The van der Waals surface area contributed by atoms with Crippen LogP contribution in [0.25, 0.3) is 0 Å². The lowest BCUT2D eigenvalue weighted by Gasteiger charge is -2.33. The first-order valence-electron chi connectivity index (χ1n) is 6.43. The van der Waals surface area contributed by atoms with E-state index in [1.54, 1.807) is 18.2 Å². The van der Waals surface area contributed by atoms with Crippen LogP contribution in [0.1, 0.15) is 30.3 Å². The molecule has 6 nitrogen and oxygen atoms in total. The minimum Gasteiger partial charge on any atom is -0.381 e. The molecule has 1 aromatic heterocycles. The maximum atomic E-state index is 12.0. The van der Waals surface area contributed by atoms with Crippen LogP contribution >= 0.6 is 0 Å². The highest BCUT2D eigenvalue weighted by Gasteiger charge is 2.27. The standard InChI is InChI=1S/C13H20N4O2/c1-13(5-7-19-8-6-13)9-15-12(18)10-3-2-4-11(16-10)17-14/h2-4H,5-9,14H2,1H3,(H,15,18)(H,16,17). The summed E-state index contributed by atoms with van der Waals surface area (Å²) in [5.41, 5.74) is 2.90. The first-order valence-corrected chi connectivity index (χ1v) is 6.43. The predicted molar refractivity (Wildman–Crippen MR) is 72.5 cm³/mol. The van der Waals surface area contributed by atoms with Crippen molar-refractivity contribution in [2.45, 2.75) is 19.8 Å². The number of nitrogens with two attached hydrogens (primary N) is 1. The number of hydrogen-bond donors (Lipinski definition) is 3. The summed E-state index contributed by atoms with van der Waals surface area (Å²) >= 11 is 0. The molecule has 1 aliphatic heterocycles. The van der Waals surface area contributed by atoms with Gasteiger partial charge in [-0.25, -0.2) is 10.8 Å². The molecule has 0 bridgehead atoms. The lowest BCUT2D eigenvalue weighted by atomic mass is 9.82. The number of aromatic nitrogens is 1. The number of nitrogen functional groups attached to an aromatic ring is 1. The Bertz CT molecular complexity index is 444. The van der Waals surface area contributed by atoms with Gasteiger partial charge in [0.15, 0.2) is 0 Å². The number of nitrogens with zero attached hydrogens (tertiary/aromatic N) is 1. The third kappa shape index (κ3) is 3.65. The van der Waals surface area contributed by atoms with E-state index in [4.69, 9.17) is 10.6 Å². The van der Waals surface area contributed by atoms with Gasteiger partial charge in [-0.15, -0.1) is 0 Å². The van der Waals surface area contributed by atoms with E-state index >= 15 is 0 Å². The van der Waals surface area contributed by atoms with Gasteiger partial charge in [-0.3, -0.25) is 4.79 Å². The van der Waals surface area contributed by atoms with Gasteiger partial charge in [-0.1, -0.05) is 13.0 Å². The number of rotatable bonds is 4. The molecule has 2 rings (SSSR count). The molecule has 1 fully saturated rings. The molecule has 0 unspecified atom stereocenters. The average Bonchev–Trinajstić information content (AvgIpc) is 2.46. The molecule has 1 aliphatic rings. The van der Waals surface area contributed by atoms with Crippen molar-refractivity contribution in [2.24, 2.45) is 11.3 Å². The molecule has 1 aromatic rings. The van der Waals surface area contributed by atoms with Gasteiger partial charge in [0.2, 0.25) is 0 Å². The maximum absolute atomic E-state index is 12.0. The highest BCUT2D eigenvalue weighted by atomic mass is 16.5. The van der Waals surface area contributed by atoms with Gasteiger partial charge >= 0.3 is 0 Å². The number of hydrogen-bond acceptors (Lipinski definition) is 5. The summed E-state index contributed by atoms with van der Waals surface area (Å²) in [6.07, 6.45) is 1.93. The lowest BCUT2D eigenvalue weighted by molar-refractivity contribution is 0.0238. The lowest BCUT2D eigenvalue weighted by Crippen LogP contribution is -2.39. The Labute approximate surface area is 112 Å². The van der Waals surface area contributed by atoms with Gasteiger partial charge in [0.25, 0.3) is 5.91 Å². The second-order valence-electron chi connectivity index (χ2n) is 5.16. The smallest absolute Gasteiger partial charge is 0.269 e. The van der Waals surface area contributed by atoms with Gasteiger partial charge in [-0.2, -0.15) is 0 Å². The number of hydrazine groups is 1. The van der Waals surface area contributed by atoms with Crippen LogP contribution < -0.4 is 16.6 Å². The van der Waals surface area contributed by atoms with E-state index in [9.17, 15) is 4.79 Å². The van der Waals surface area contributed by atoms with Crippen molar-refractivity contribution in [3.05, 3.63) is 23.9 Å². The fraction of sp³-hybridized carbons (Fsp3) is 0.538. The van der Waals surface area contributed by atoms with Crippen LogP contribution in [0.5, 0.6) is 0 Å². The molecule has 104 valence electrons. The zero-order chi connectivity index (χ0) is 13.7. The number of carbonyl (C=O) groups excluding carboxylic acids is 1. The van der Waals surface area contributed by atoms with Crippen LogP contribution in [-0.2, 0) is 4.74 Å². The fourth-order valence-corrected chi connectivity index (χ4v) is 2.07. The first-order chi connectivity index (χ1) is 9.13. The topological polar surface area (TPSA) is 89.3 Å². The normalized spacial score (nSPS) is 17.8. The van der Waals surface area contributed by atoms with Crippen molar-refractivity contribution in [3.8, 4) is 0 Å². The van der Waals surface area contributed by atoms with Crippen LogP contribution in [0.15, 0.2) is 18.2 Å². The summed E-state index contributed by atoms with van der Waals surface area (Å²) in [4.78, 5) is 16.1. The van der Waals surface area contributed by atoms with Crippen LogP contribution in [-0.4, -0.2) is 30.6 Å². The van der Waals surface area contributed by atoms with Crippen LogP contribution in [0.3, 0.4) is 0 Å². The summed E-state index contributed by atoms with van der Waals surface area (Å²) in [5, 5.41) is 2.93. The van der Waals surface area contributed by atoms with Crippen LogP contribution in [0.4, 0.5) is 5.82 Å². The summed E-state index contributed by atoms with van der Waals surface area (Å²) < 4.78 is 5.34. The van der Waals surface area contributed by atoms with Gasteiger partial charge in [-0.05, 0) is 30.4 Å². The Kier molecular flexibility index (Phi) is 4.34. The molecule has 0 radical (unpaired) electrons. The maximum Gasteiger partial charge on any atom is 0.269 e. The minimum absolute atomic E-state index is 0.109. The van der Waals surface area contributed by atoms with Crippen molar-refractivity contribution < 1.29 is 9.53 Å². The molecule has 0 spiro atoms. The van der Waals surface area contributed by atoms with E-state index in [1.807, 2.05) is 0 Å². The number of pyridine rings is 1. The summed E-state index contributed by atoms with van der Waals surface area (Å²) in [5.74, 6) is 5.57. The summed E-state index contributed by atoms with van der Waals surface area (Å²) in [6, 6.07) is 5.12. The van der Waals surface area contributed by atoms with Crippen molar-refractivity contribution in [3.63, 3.8) is 0 Å². The number of nitrogens with one attached hydrogen (secondary N) is 2. The number of ether oxygens (including phenoxy) is 1. The summed E-state index contributed by atoms with van der Waals surface area (Å²) in [6.45, 7) is 4.33. The zero-order valence-electron chi connectivity index (χ0n) is 11.1.